The van der Waals surface area contributed by atoms with E-state index >= 15 is 0 Å². The molecule has 5 nitrogen and oxygen atoms in total. The summed E-state index contributed by atoms with van der Waals surface area (Å²) in [6.07, 6.45) is 1.25. The van der Waals surface area contributed by atoms with Gasteiger partial charge in [-0.25, -0.2) is 8.42 Å². The maximum Gasteiger partial charge on any atom is 0.148 e. The fourth-order valence-corrected chi connectivity index (χ4v) is 1.88. The van der Waals surface area contributed by atoms with Crippen LogP contribution in [0.3, 0.4) is 0 Å². The van der Waals surface area contributed by atoms with Crippen LogP contribution in [0, 0.1) is 0 Å². The summed E-state index contributed by atoms with van der Waals surface area (Å²) in [5, 5.41) is 3.06. The molecule has 0 fully saturated rings. The van der Waals surface area contributed by atoms with Crippen LogP contribution in [-0.2, 0) is 14.6 Å². The third-order valence-electron chi connectivity index (χ3n) is 2.24. The molecule has 92 valence electrons. The standard InChI is InChI=1S/C9H22N2O3S/c1-10-7-9(8-14-3)11(2)5-6-15(4,12)13/h9-10H,5-8H2,1-4H3. The summed E-state index contributed by atoms with van der Waals surface area (Å²) in [6, 6.07) is 0.210. The lowest BCUT2D eigenvalue weighted by Gasteiger charge is -2.26. The number of nitrogens with zero attached hydrogens (tertiary/aromatic N) is 1. The Labute approximate surface area is 92.7 Å². The Kier molecular flexibility index (Phi) is 7.08. The highest BCUT2D eigenvalue weighted by atomic mass is 32.2. The van der Waals surface area contributed by atoms with Crippen molar-refractivity contribution in [1.29, 1.82) is 0 Å². The maximum absolute atomic E-state index is 11.0. The molecule has 1 atom stereocenters. The molecule has 0 heterocycles. The third kappa shape index (κ3) is 7.72. The van der Waals surface area contributed by atoms with Crippen molar-refractivity contribution in [3.8, 4) is 0 Å². The van der Waals surface area contributed by atoms with Gasteiger partial charge in [0.25, 0.3) is 0 Å². The third-order valence-corrected chi connectivity index (χ3v) is 3.16. The molecule has 0 aromatic carbocycles. The number of ether oxygens (including phenoxy) is 1. The van der Waals surface area contributed by atoms with Crippen LogP contribution >= 0.6 is 0 Å². The molecule has 0 rings (SSSR count). The molecular weight excluding hydrogens is 216 g/mol. The van der Waals surface area contributed by atoms with Gasteiger partial charge in [-0.1, -0.05) is 0 Å². The number of rotatable bonds is 8. The minimum atomic E-state index is -2.89. The predicted octanol–water partition coefficient (Wildman–Crippen LogP) is -0.803. The molecular formula is C9H22N2O3S. The second kappa shape index (κ2) is 7.16. The second-order valence-electron chi connectivity index (χ2n) is 3.78. The zero-order valence-electron chi connectivity index (χ0n) is 9.99. The van der Waals surface area contributed by atoms with E-state index in [0.29, 0.717) is 13.2 Å². The molecule has 1 N–H and O–H groups in total. The summed E-state index contributed by atoms with van der Waals surface area (Å²) in [4.78, 5) is 2.00. The van der Waals surface area contributed by atoms with Crippen LogP contribution in [0.4, 0.5) is 0 Å². The van der Waals surface area contributed by atoms with Crippen molar-refractivity contribution in [3.63, 3.8) is 0 Å². The molecule has 0 aromatic rings. The van der Waals surface area contributed by atoms with Gasteiger partial charge in [-0.2, -0.15) is 0 Å². The van der Waals surface area contributed by atoms with Crippen LogP contribution in [0.15, 0.2) is 0 Å². The minimum Gasteiger partial charge on any atom is -0.383 e. The molecule has 6 heteroatoms. The fourth-order valence-electron chi connectivity index (χ4n) is 1.26. The quantitative estimate of drug-likeness (QED) is 0.600. The highest BCUT2D eigenvalue weighted by Gasteiger charge is 2.15. The normalized spacial score (nSPS) is 14.5. The monoisotopic (exact) mass is 238 g/mol. The molecule has 15 heavy (non-hydrogen) atoms. The van der Waals surface area contributed by atoms with E-state index in [1.54, 1.807) is 7.11 Å². The van der Waals surface area contributed by atoms with E-state index in [1.165, 1.54) is 6.26 Å². The van der Waals surface area contributed by atoms with Crippen LogP contribution in [0.5, 0.6) is 0 Å². The Morgan fingerprint density at radius 1 is 1.47 bits per heavy atom. The average Bonchev–Trinajstić information content (AvgIpc) is 2.13. The second-order valence-corrected chi connectivity index (χ2v) is 6.04. The smallest absolute Gasteiger partial charge is 0.148 e. The molecule has 0 aliphatic heterocycles. The zero-order chi connectivity index (χ0) is 11.9. The average molecular weight is 238 g/mol. The van der Waals surface area contributed by atoms with Crippen LogP contribution in [-0.4, -0.2) is 72.3 Å². The van der Waals surface area contributed by atoms with Gasteiger partial charge in [0.05, 0.1) is 12.4 Å². The molecule has 0 radical (unpaired) electrons. The SMILES string of the molecule is CNCC(COC)N(C)CCS(C)(=O)=O. The number of hydrogen-bond donors (Lipinski definition) is 1. The van der Waals surface area contributed by atoms with E-state index in [1.807, 2.05) is 19.0 Å². The maximum atomic E-state index is 11.0. The summed E-state index contributed by atoms with van der Waals surface area (Å²) in [6.45, 7) is 1.92. The first-order valence-electron chi connectivity index (χ1n) is 4.92. The zero-order valence-corrected chi connectivity index (χ0v) is 10.8. The Hall–Kier alpha value is -0.170. The van der Waals surface area contributed by atoms with Crippen molar-refractivity contribution in [3.05, 3.63) is 0 Å². The van der Waals surface area contributed by atoms with Gasteiger partial charge >= 0.3 is 0 Å². The lowest BCUT2D eigenvalue weighted by molar-refractivity contribution is 0.110. The van der Waals surface area contributed by atoms with Gasteiger partial charge < -0.3 is 10.1 Å². The first kappa shape index (κ1) is 14.8. The topological polar surface area (TPSA) is 58.6 Å². The summed E-state index contributed by atoms with van der Waals surface area (Å²) < 4.78 is 27.1. The van der Waals surface area contributed by atoms with E-state index in [-0.39, 0.29) is 11.8 Å². The van der Waals surface area contributed by atoms with E-state index in [2.05, 4.69) is 5.32 Å². The molecule has 0 saturated heterocycles. The lowest BCUT2D eigenvalue weighted by Crippen LogP contribution is -2.44. The summed E-state index contributed by atoms with van der Waals surface area (Å²) in [5.41, 5.74) is 0. The lowest BCUT2D eigenvalue weighted by atomic mass is 10.3. The van der Waals surface area contributed by atoms with Gasteiger partial charge in [0.1, 0.15) is 9.84 Å². The van der Waals surface area contributed by atoms with E-state index in [0.717, 1.165) is 6.54 Å². The molecule has 0 saturated carbocycles. The summed E-state index contributed by atoms with van der Waals surface area (Å²) in [7, 11) is 2.54. The first-order chi connectivity index (χ1) is 6.90. The van der Waals surface area contributed by atoms with E-state index in [9.17, 15) is 8.42 Å². The van der Waals surface area contributed by atoms with Crippen LogP contribution in [0.2, 0.25) is 0 Å². The van der Waals surface area contributed by atoms with Crippen molar-refractivity contribution in [2.45, 2.75) is 6.04 Å². The van der Waals surface area contributed by atoms with Crippen molar-refractivity contribution in [2.75, 3.05) is 52.9 Å². The Bertz CT molecular complexity index is 248. The number of likely N-dealkylation sites (N-methyl/N-ethyl adjacent to an activating group) is 2. The molecule has 0 amide bonds. The Morgan fingerprint density at radius 2 is 2.07 bits per heavy atom. The summed E-state index contributed by atoms with van der Waals surface area (Å²) in [5.74, 6) is 0.188. The molecule has 1 unspecified atom stereocenters. The van der Waals surface area contributed by atoms with Gasteiger partial charge in [-0.3, -0.25) is 4.90 Å². The Balaban J connectivity index is 4.07. The minimum absolute atomic E-state index is 0.188. The van der Waals surface area contributed by atoms with Crippen molar-refractivity contribution >= 4 is 9.84 Å². The van der Waals surface area contributed by atoms with Crippen molar-refractivity contribution in [2.24, 2.45) is 0 Å². The first-order valence-corrected chi connectivity index (χ1v) is 6.98. The largest absolute Gasteiger partial charge is 0.383 e. The number of hydrogen-bond acceptors (Lipinski definition) is 5. The predicted molar refractivity (Wildman–Crippen MR) is 61.9 cm³/mol. The molecule has 0 aliphatic carbocycles. The number of sulfone groups is 1. The molecule has 0 aliphatic rings. The van der Waals surface area contributed by atoms with Gasteiger partial charge in [0.15, 0.2) is 0 Å². The molecule has 0 bridgehead atoms. The van der Waals surface area contributed by atoms with Gasteiger partial charge in [0.2, 0.25) is 0 Å². The molecule has 0 spiro atoms. The van der Waals surface area contributed by atoms with Gasteiger partial charge in [-0.15, -0.1) is 0 Å². The number of nitrogens with one attached hydrogen (secondary N) is 1. The number of methoxy groups -OCH3 is 1. The van der Waals surface area contributed by atoms with E-state index < -0.39 is 9.84 Å². The van der Waals surface area contributed by atoms with Crippen LogP contribution in [0.1, 0.15) is 0 Å². The van der Waals surface area contributed by atoms with E-state index in [4.69, 9.17) is 4.74 Å². The van der Waals surface area contributed by atoms with Gasteiger partial charge in [0, 0.05) is 32.5 Å². The van der Waals surface area contributed by atoms with Gasteiger partial charge in [-0.05, 0) is 14.1 Å². The Morgan fingerprint density at radius 3 is 2.47 bits per heavy atom. The van der Waals surface area contributed by atoms with Crippen molar-refractivity contribution < 1.29 is 13.2 Å². The highest BCUT2D eigenvalue weighted by molar-refractivity contribution is 7.90. The fraction of sp³-hybridized carbons (Fsp3) is 1.00. The molecule has 0 aromatic heterocycles. The van der Waals surface area contributed by atoms with Crippen LogP contribution in [0.25, 0.3) is 0 Å². The highest BCUT2D eigenvalue weighted by Crippen LogP contribution is 1.97. The van der Waals surface area contributed by atoms with Crippen LogP contribution < -0.4 is 5.32 Å². The van der Waals surface area contributed by atoms with Crippen molar-refractivity contribution in [1.82, 2.24) is 10.2 Å². The summed E-state index contributed by atoms with van der Waals surface area (Å²) >= 11 is 0.